The Bertz CT molecular complexity index is 934. The highest BCUT2D eigenvalue weighted by Gasteiger charge is 2.35. The average Bonchev–Trinajstić information content (AvgIpc) is 3.01. The van der Waals surface area contributed by atoms with E-state index in [1.165, 1.54) is 11.3 Å². The summed E-state index contributed by atoms with van der Waals surface area (Å²) in [4.78, 5) is 22.1. The minimum atomic E-state index is -4.45. The first kappa shape index (κ1) is 16.8. The summed E-state index contributed by atoms with van der Waals surface area (Å²) in [5.41, 5.74) is -0.0495. The molecule has 0 spiro atoms. The predicted octanol–water partition coefficient (Wildman–Crippen LogP) is 3.61. The summed E-state index contributed by atoms with van der Waals surface area (Å²) in [6.07, 6.45) is -3.78. The Morgan fingerprint density at radius 1 is 1.23 bits per heavy atom. The van der Waals surface area contributed by atoms with E-state index in [1.54, 1.807) is 4.90 Å². The van der Waals surface area contributed by atoms with Gasteiger partial charge in [0.15, 0.2) is 5.01 Å². The maximum absolute atomic E-state index is 12.7. The van der Waals surface area contributed by atoms with Crippen molar-refractivity contribution in [2.24, 2.45) is 0 Å². The van der Waals surface area contributed by atoms with Crippen LogP contribution < -0.4 is 4.74 Å². The van der Waals surface area contributed by atoms with Crippen molar-refractivity contribution in [3.63, 3.8) is 0 Å². The zero-order valence-corrected chi connectivity index (χ0v) is 14.0. The third kappa shape index (κ3) is 3.22. The lowest BCUT2D eigenvalue weighted by Gasteiger charge is -2.38. The van der Waals surface area contributed by atoms with Crippen LogP contribution in [-0.4, -0.2) is 40.0 Å². The Morgan fingerprint density at radius 3 is 2.73 bits per heavy atom. The number of rotatable bonds is 3. The summed E-state index contributed by atoms with van der Waals surface area (Å²) in [6, 6.07) is 9.21. The molecule has 0 bridgehead atoms. The first-order valence-corrected chi connectivity index (χ1v) is 8.56. The maximum atomic E-state index is 12.7. The third-order valence-electron chi connectivity index (χ3n) is 3.96. The Morgan fingerprint density at radius 2 is 2.00 bits per heavy atom. The molecule has 5 nitrogen and oxygen atoms in total. The first-order chi connectivity index (χ1) is 12.4. The van der Waals surface area contributed by atoms with E-state index in [2.05, 4.69) is 9.97 Å². The normalized spacial score (nSPS) is 15.1. The number of ether oxygens (including phenoxy) is 1. The number of carbonyl (C=O) groups excluding carboxylic acids is 1. The Kier molecular flexibility index (Phi) is 4.03. The number of hydrogen-bond acceptors (Lipinski definition) is 5. The largest absolute Gasteiger partial charge is 0.471 e. The van der Waals surface area contributed by atoms with Crippen molar-refractivity contribution < 1.29 is 22.7 Å². The molecule has 1 aromatic carbocycles. The van der Waals surface area contributed by atoms with Crippen molar-refractivity contribution >= 4 is 27.5 Å². The summed E-state index contributed by atoms with van der Waals surface area (Å²) >= 11 is 1.31. The monoisotopic (exact) mass is 379 g/mol. The van der Waals surface area contributed by atoms with Crippen molar-refractivity contribution in [1.29, 1.82) is 0 Å². The second-order valence-electron chi connectivity index (χ2n) is 5.82. The van der Waals surface area contributed by atoms with Gasteiger partial charge in [-0.2, -0.15) is 13.2 Å². The van der Waals surface area contributed by atoms with E-state index in [0.717, 1.165) is 28.5 Å². The number of hydrogen-bond donors (Lipinski definition) is 0. The molecular formula is C17H12F3N3O2S. The van der Waals surface area contributed by atoms with E-state index in [4.69, 9.17) is 4.74 Å². The van der Waals surface area contributed by atoms with Crippen molar-refractivity contribution in [2.75, 3.05) is 13.1 Å². The van der Waals surface area contributed by atoms with Crippen LogP contribution in [0.4, 0.5) is 13.2 Å². The number of benzene rings is 1. The van der Waals surface area contributed by atoms with E-state index in [-0.39, 0.29) is 31.0 Å². The summed E-state index contributed by atoms with van der Waals surface area (Å²) in [6.45, 7) is 0.569. The molecular weight excluding hydrogens is 367 g/mol. The van der Waals surface area contributed by atoms with Crippen LogP contribution in [0.25, 0.3) is 10.2 Å². The number of carbonyl (C=O) groups is 1. The molecule has 1 fully saturated rings. The fraction of sp³-hybridized carbons (Fsp3) is 0.235. The zero-order chi connectivity index (χ0) is 18.3. The Labute approximate surface area is 150 Å². The lowest BCUT2D eigenvalue weighted by molar-refractivity contribution is -0.137. The molecule has 1 amide bonds. The molecule has 1 aliphatic rings. The van der Waals surface area contributed by atoms with Gasteiger partial charge in [-0.15, -0.1) is 11.3 Å². The summed E-state index contributed by atoms with van der Waals surface area (Å²) in [7, 11) is 0. The van der Waals surface area contributed by atoms with E-state index in [9.17, 15) is 18.0 Å². The second kappa shape index (κ2) is 6.24. The van der Waals surface area contributed by atoms with Gasteiger partial charge in [0.2, 0.25) is 5.88 Å². The molecule has 134 valence electrons. The molecule has 3 aromatic rings. The van der Waals surface area contributed by atoms with E-state index in [0.29, 0.717) is 5.01 Å². The molecule has 2 aromatic heterocycles. The molecule has 1 saturated heterocycles. The van der Waals surface area contributed by atoms with Gasteiger partial charge < -0.3 is 9.64 Å². The van der Waals surface area contributed by atoms with Gasteiger partial charge in [-0.1, -0.05) is 12.1 Å². The van der Waals surface area contributed by atoms with E-state index >= 15 is 0 Å². The number of para-hydroxylation sites is 1. The molecule has 9 heteroatoms. The molecule has 26 heavy (non-hydrogen) atoms. The summed E-state index contributed by atoms with van der Waals surface area (Å²) in [5.74, 6) is -0.306. The number of halogens is 3. The zero-order valence-electron chi connectivity index (χ0n) is 13.2. The second-order valence-corrected chi connectivity index (χ2v) is 6.85. The highest BCUT2D eigenvalue weighted by molar-refractivity contribution is 7.20. The standard InChI is InChI=1S/C17H12F3N3O2S/c18-17(19,20)10-5-6-21-14(7-10)25-11-8-23(9-11)16(24)15-22-12-3-1-2-4-13(12)26-15/h1-7,11H,8-9H2. The topological polar surface area (TPSA) is 55.3 Å². The van der Waals surface area contributed by atoms with Crippen LogP contribution in [0.1, 0.15) is 15.4 Å². The first-order valence-electron chi connectivity index (χ1n) is 7.75. The van der Waals surface area contributed by atoms with Crippen molar-refractivity contribution in [3.8, 4) is 5.88 Å². The number of likely N-dealkylation sites (tertiary alicyclic amines) is 1. The number of pyridine rings is 1. The van der Waals surface area contributed by atoms with Crippen LogP contribution in [0.5, 0.6) is 5.88 Å². The minimum absolute atomic E-state index is 0.100. The van der Waals surface area contributed by atoms with Gasteiger partial charge in [0, 0.05) is 12.3 Å². The summed E-state index contributed by atoms with van der Waals surface area (Å²) in [5, 5.41) is 0.391. The number of thiazole rings is 1. The van der Waals surface area contributed by atoms with Crippen molar-refractivity contribution in [2.45, 2.75) is 12.3 Å². The molecule has 3 heterocycles. The van der Waals surface area contributed by atoms with Crippen LogP contribution in [0.15, 0.2) is 42.6 Å². The van der Waals surface area contributed by atoms with Gasteiger partial charge >= 0.3 is 6.18 Å². The molecule has 0 unspecified atom stereocenters. The van der Waals surface area contributed by atoms with Gasteiger partial charge in [0.05, 0.1) is 28.9 Å². The number of fused-ring (bicyclic) bond motifs is 1. The molecule has 1 aliphatic heterocycles. The fourth-order valence-corrected chi connectivity index (χ4v) is 3.53. The number of amides is 1. The fourth-order valence-electron chi connectivity index (χ4n) is 2.60. The third-order valence-corrected chi connectivity index (χ3v) is 4.99. The quantitative estimate of drug-likeness (QED) is 0.698. The molecule has 0 saturated carbocycles. The van der Waals surface area contributed by atoms with Gasteiger partial charge in [0.1, 0.15) is 6.10 Å². The summed E-state index contributed by atoms with van der Waals surface area (Å²) < 4.78 is 44.5. The number of nitrogens with zero attached hydrogens (tertiary/aromatic N) is 3. The van der Waals surface area contributed by atoms with Crippen LogP contribution >= 0.6 is 11.3 Å². The van der Waals surface area contributed by atoms with Gasteiger partial charge in [-0.3, -0.25) is 4.79 Å². The highest BCUT2D eigenvalue weighted by atomic mass is 32.1. The smallest absolute Gasteiger partial charge is 0.416 e. The van der Waals surface area contributed by atoms with Gasteiger partial charge in [-0.25, -0.2) is 9.97 Å². The molecule has 0 aliphatic carbocycles. The van der Waals surface area contributed by atoms with Gasteiger partial charge in [-0.05, 0) is 18.2 Å². The molecule has 0 atom stereocenters. The minimum Gasteiger partial charge on any atom is -0.471 e. The molecule has 0 radical (unpaired) electrons. The SMILES string of the molecule is O=C(c1nc2ccccc2s1)N1CC(Oc2cc(C(F)(F)F)ccn2)C1. The van der Waals surface area contributed by atoms with Crippen molar-refractivity contribution in [3.05, 3.63) is 53.2 Å². The number of alkyl halides is 3. The maximum Gasteiger partial charge on any atom is 0.416 e. The molecule has 4 rings (SSSR count). The predicted molar refractivity (Wildman–Crippen MR) is 89.2 cm³/mol. The van der Waals surface area contributed by atoms with E-state index < -0.39 is 11.7 Å². The highest BCUT2D eigenvalue weighted by Crippen LogP contribution is 2.31. The van der Waals surface area contributed by atoms with Crippen molar-refractivity contribution in [1.82, 2.24) is 14.9 Å². The van der Waals surface area contributed by atoms with E-state index in [1.807, 2.05) is 24.3 Å². The molecule has 0 N–H and O–H groups in total. The Balaban J connectivity index is 1.39. The van der Waals surface area contributed by atoms with Crippen LogP contribution in [0.2, 0.25) is 0 Å². The lowest BCUT2D eigenvalue weighted by atomic mass is 10.1. The van der Waals surface area contributed by atoms with Crippen LogP contribution in [0.3, 0.4) is 0 Å². The Hall–Kier alpha value is -2.68. The van der Waals surface area contributed by atoms with Crippen LogP contribution in [0, 0.1) is 0 Å². The van der Waals surface area contributed by atoms with Crippen LogP contribution in [-0.2, 0) is 6.18 Å². The van der Waals surface area contributed by atoms with Gasteiger partial charge in [0.25, 0.3) is 5.91 Å². The number of aromatic nitrogens is 2. The average molecular weight is 379 g/mol. The lowest BCUT2D eigenvalue weighted by Crippen LogP contribution is -2.56.